The highest BCUT2D eigenvalue weighted by Crippen LogP contribution is 2.35. The Kier molecular flexibility index (Phi) is 6.04. The van der Waals surface area contributed by atoms with E-state index in [4.69, 9.17) is 31.2 Å². The number of nitrogens with zero attached hydrogens (tertiary/aromatic N) is 3. The van der Waals surface area contributed by atoms with Crippen molar-refractivity contribution < 1.29 is 28.5 Å². The second-order valence-corrected chi connectivity index (χ2v) is 8.36. The van der Waals surface area contributed by atoms with Crippen LogP contribution in [0.2, 0.25) is 0 Å². The molecule has 0 atom stereocenters. The van der Waals surface area contributed by atoms with Gasteiger partial charge in [0.05, 0.1) is 13.7 Å². The molecular weight excluding hydrogens is 470 g/mol. The maximum Gasteiger partial charge on any atom is 0.325 e. The van der Waals surface area contributed by atoms with Gasteiger partial charge in [-0.25, -0.2) is 0 Å². The number of amides is 1. The van der Waals surface area contributed by atoms with Crippen molar-refractivity contribution in [3.63, 3.8) is 0 Å². The molecule has 0 radical (unpaired) electrons. The summed E-state index contributed by atoms with van der Waals surface area (Å²) in [7, 11) is 2.89. The third kappa shape index (κ3) is 4.28. The first-order chi connectivity index (χ1) is 17.0. The summed E-state index contributed by atoms with van der Waals surface area (Å²) in [5.74, 6) is 1.31. The normalized spacial score (nSPS) is 16.0. The number of methoxy groups -OCH3 is 1. The maximum atomic E-state index is 12.9. The van der Waals surface area contributed by atoms with Gasteiger partial charge in [0, 0.05) is 35.8 Å². The second kappa shape index (κ2) is 9.30. The van der Waals surface area contributed by atoms with E-state index in [0.717, 1.165) is 16.5 Å². The molecule has 0 spiro atoms. The standard InChI is InChI=1S/C25H23N3O6S/c1-26-24(30)20(28(25(26)35)14-23(29)31-2)11-16-13-27(19-6-4-3-5-18(16)19)9-10-32-17-7-8-21-22(12-17)34-15-33-21/h3-8,11-13H,9-10,14-15H2,1-2H3/b20-11-. The lowest BCUT2D eigenvalue weighted by atomic mass is 10.1. The minimum atomic E-state index is -0.482. The van der Waals surface area contributed by atoms with Gasteiger partial charge in [-0.1, -0.05) is 18.2 Å². The van der Waals surface area contributed by atoms with Gasteiger partial charge in [-0.2, -0.15) is 0 Å². The van der Waals surface area contributed by atoms with Crippen LogP contribution in [0, 0.1) is 0 Å². The fourth-order valence-corrected chi connectivity index (χ4v) is 4.34. The number of thiocarbonyl (C=S) groups is 1. The summed E-state index contributed by atoms with van der Waals surface area (Å²) in [5.41, 5.74) is 2.15. The van der Waals surface area contributed by atoms with E-state index in [1.54, 1.807) is 13.1 Å². The van der Waals surface area contributed by atoms with Gasteiger partial charge in [0.1, 0.15) is 24.6 Å². The first-order valence-corrected chi connectivity index (χ1v) is 11.4. The molecule has 0 N–H and O–H groups in total. The van der Waals surface area contributed by atoms with Gasteiger partial charge in [-0.15, -0.1) is 0 Å². The molecule has 180 valence electrons. The summed E-state index contributed by atoms with van der Waals surface area (Å²) < 4.78 is 23.5. The smallest absolute Gasteiger partial charge is 0.325 e. The number of esters is 1. The van der Waals surface area contributed by atoms with Crippen LogP contribution in [0.15, 0.2) is 54.4 Å². The van der Waals surface area contributed by atoms with Crippen LogP contribution >= 0.6 is 12.2 Å². The molecule has 1 fully saturated rings. The molecule has 1 saturated heterocycles. The number of ether oxygens (including phenoxy) is 4. The summed E-state index contributed by atoms with van der Waals surface area (Å²) >= 11 is 5.38. The van der Waals surface area contributed by atoms with Crippen LogP contribution in [0.3, 0.4) is 0 Å². The minimum absolute atomic E-state index is 0.140. The van der Waals surface area contributed by atoms with E-state index in [9.17, 15) is 9.59 Å². The van der Waals surface area contributed by atoms with E-state index >= 15 is 0 Å². The van der Waals surface area contributed by atoms with Crippen molar-refractivity contribution in [2.45, 2.75) is 6.54 Å². The molecule has 1 amide bonds. The lowest BCUT2D eigenvalue weighted by molar-refractivity contribution is -0.140. The van der Waals surface area contributed by atoms with Crippen LogP contribution in [0.5, 0.6) is 17.2 Å². The minimum Gasteiger partial charge on any atom is -0.492 e. The number of aromatic nitrogens is 1. The molecule has 0 bridgehead atoms. The Morgan fingerprint density at radius 2 is 1.97 bits per heavy atom. The molecule has 2 aliphatic heterocycles. The van der Waals surface area contributed by atoms with Gasteiger partial charge in [0.15, 0.2) is 16.6 Å². The average Bonchev–Trinajstić information content (AvgIpc) is 3.53. The molecule has 2 aliphatic rings. The SMILES string of the molecule is COC(=O)CN1C(=S)N(C)C(=O)/C1=C/c1cn(CCOc2ccc3c(c2)OCO3)c2ccccc12. The van der Waals surface area contributed by atoms with Gasteiger partial charge < -0.3 is 28.4 Å². The number of para-hydroxylation sites is 1. The van der Waals surface area contributed by atoms with E-state index in [1.165, 1.54) is 16.9 Å². The van der Waals surface area contributed by atoms with E-state index < -0.39 is 5.97 Å². The van der Waals surface area contributed by atoms with Gasteiger partial charge in [0.25, 0.3) is 5.91 Å². The van der Waals surface area contributed by atoms with E-state index in [2.05, 4.69) is 4.57 Å². The number of fused-ring (bicyclic) bond motifs is 2. The molecule has 1 aromatic heterocycles. The Hall–Kier alpha value is -4.05. The predicted octanol–water partition coefficient (Wildman–Crippen LogP) is 3.02. The van der Waals surface area contributed by atoms with Crippen molar-refractivity contribution in [2.24, 2.45) is 0 Å². The molecule has 3 aromatic rings. The Balaban J connectivity index is 1.40. The summed E-state index contributed by atoms with van der Waals surface area (Å²) in [6.07, 6.45) is 3.73. The zero-order valence-electron chi connectivity index (χ0n) is 19.2. The molecular formula is C25H23N3O6S. The highest BCUT2D eigenvalue weighted by atomic mass is 32.1. The predicted molar refractivity (Wildman–Crippen MR) is 132 cm³/mol. The first kappa shape index (κ1) is 22.7. The molecule has 10 heteroatoms. The zero-order valence-corrected chi connectivity index (χ0v) is 20.0. The molecule has 0 aliphatic carbocycles. The number of carbonyl (C=O) groups is 2. The summed E-state index contributed by atoms with van der Waals surface area (Å²) in [6, 6.07) is 13.4. The Bertz CT molecular complexity index is 1360. The lowest BCUT2D eigenvalue weighted by Crippen LogP contribution is -2.33. The van der Waals surface area contributed by atoms with Crippen LogP contribution in [0.1, 0.15) is 5.56 Å². The van der Waals surface area contributed by atoms with Crippen molar-refractivity contribution in [1.29, 1.82) is 0 Å². The van der Waals surface area contributed by atoms with Crippen LogP contribution in [0.4, 0.5) is 0 Å². The van der Waals surface area contributed by atoms with Crippen LogP contribution < -0.4 is 14.2 Å². The van der Waals surface area contributed by atoms with Crippen LogP contribution in [-0.2, 0) is 20.9 Å². The van der Waals surface area contributed by atoms with E-state index in [1.807, 2.05) is 48.7 Å². The monoisotopic (exact) mass is 493 g/mol. The van der Waals surface area contributed by atoms with Crippen molar-refractivity contribution in [1.82, 2.24) is 14.4 Å². The van der Waals surface area contributed by atoms with Gasteiger partial charge in [-0.3, -0.25) is 14.5 Å². The molecule has 0 unspecified atom stereocenters. The lowest BCUT2D eigenvalue weighted by Gasteiger charge is -2.16. The van der Waals surface area contributed by atoms with Crippen molar-refractivity contribution in [3.05, 3.63) is 59.9 Å². The van der Waals surface area contributed by atoms with Crippen molar-refractivity contribution in [3.8, 4) is 17.2 Å². The Labute approximate surface area is 207 Å². The largest absolute Gasteiger partial charge is 0.492 e. The summed E-state index contributed by atoms with van der Waals surface area (Å²) in [4.78, 5) is 27.7. The number of carbonyl (C=O) groups excluding carboxylic acids is 2. The quantitative estimate of drug-likeness (QED) is 0.282. The highest BCUT2D eigenvalue weighted by molar-refractivity contribution is 7.80. The summed E-state index contributed by atoms with van der Waals surface area (Å²) in [6.45, 7) is 1.08. The molecule has 0 saturated carbocycles. The Morgan fingerprint density at radius 1 is 1.17 bits per heavy atom. The molecule has 3 heterocycles. The van der Waals surface area contributed by atoms with Gasteiger partial charge in [0.2, 0.25) is 6.79 Å². The number of rotatable bonds is 7. The van der Waals surface area contributed by atoms with Crippen LogP contribution in [-0.4, -0.2) is 65.5 Å². The topological polar surface area (TPSA) is 82.5 Å². The molecule has 35 heavy (non-hydrogen) atoms. The number of hydrogen-bond donors (Lipinski definition) is 0. The number of benzene rings is 2. The van der Waals surface area contributed by atoms with Gasteiger partial charge >= 0.3 is 5.97 Å². The molecule has 9 nitrogen and oxygen atoms in total. The molecule has 2 aromatic carbocycles. The summed E-state index contributed by atoms with van der Waals surface area (Å²) in [5, 5.41) is 1.22. The van der Waals surface area contributed by atoms with E-state index in [-0.39, 0.29) is 24.4 Å². The van der Waals surface area contributed by atoms with Crippen molar-refractivity contribution in [2.75, 3.05) is 34.1 Å². The highest BCUT2D eigenvalue weighted by Gasteiger charge is 2.37. The van der Waals surface area contributed by atoms with Crippen LogP contribution in [0.25, 0.3) is 17.0 Å². The maximum absolute atomic E-state index is 12.9. The van der Waals surface area contributed by atoms with Gasteiger partial charge in [-0.05, 0) is 36.5 Å². The zero-order chi connectivity index (χ0) is 24.5. The third-order valence-electron chi connectivity index (χ3n) is 5.90. The van der Waals surface area contributed by atoms with E-state index in [0.29, 0.717) is 36.1 Å². The second-order valence-electron chi connectivity index (χ2n) is 8.00. The first-order valence-electron chi connectivity index (χ1n) is 10.9. The number of hydrogen-bond acceptors (Lipinski definition) is 7. The molecule has 5 rings (SSSR count). The Morgan fingerprint density at radius 3 is 2.80 bits per heavy atom. The number of likely N-dealkylation sites (N-methyl/N-ethyl adjacent to an activating group) is 1. The average molecular weight is 494 g/mol. The van der Waals surface area contributed by atoms with Crippen molar-refractivity contribution >= 4 is 46.2 Å². The fourth-order valence-electron chi connectivity index (χ4n) is 4.10. The fraction of sp³-hybridized carbons (Fsp3) is 0.240. The third-order valence-corrected chi connectivity index (χ3v) is 6.40.